The van der Waals surface area contributed by atoms with Crippen molar-refractivity contribution in [2.24, 2.45) is 4.99 Å². The number of rotatable bonds is 1. The second-order valence-corrected chi connectivity index (χ2v) is 3.50. The Hall–Kier alpha value is -0.370. The SMILES string of the molecule is CCC1=NC2CCCCN2C1. The van der Waals surface area contributed by atoms with E-state index in [1.165, 1.54) is 31.5 Å². The topological polar surface area (TPSA) is 15.6 Å². The van der Waals surface area contributed by atoms with Crippen molar-refractivity contribution in [3.63, 3.8) is 0 Å². The molecular weight excluding hydrogens is 136 g/mol. The molecule has 1 unspecified atom stereocenters. The van der Waals surface area contributed by atoms with Crippen LogP contribution in [0.3, 0.4) is 0 Å². The highest BCUT2D eigenvalue weighted by molar-refractivity contribution is 5.87. The smallest absolute Gasteiger partial charge is 0.102 e. The van der Waals surface area contributed by atoms with E-state index in [1.54, 1.807) is 0 Å². The van der Waals surface area contributed by atoms with Gasteiger partial charge in [0.2, 0.25) is 0 Å². The molecule has 2 nitrogen and oxygen atoms in total. The van der Waals surface area contributed by atoms with Crippen LogP contribution in [-0.2, 0) is 0 Å². The number of hydrogen-bond donors (Lipinski definition) is 0. The average Bonchev–Trinajstić information content (AvgIpc) is 2.46. The van der Waals surface area contributed by atoms with Gasteiger partial charge in [-0.3, -0.25) is 9.89 Å². The van der Waals surface area contributed by atoms with Gasteiger partial charge in [0, 0.05) is 18.8 Å². The zero-order valence-electron chi connectivity index (χ0n) is 7.21. The maximum absolute atomic E-state index is 4.67. The minimum atomic E-state index is 0.568. The molecule has 0 radical (unpaired) electrons. The van der Waals surface area contributed by atoms with E-state index < -0.39 is 0 Å². The van der Waals surface area contributed by atoms with Crippen LogP contribution in [0, 0.1) is 0 Å². The molecule has 0 aliphatic carbocycles. The van der Waals surface area contributed by atoms with Crippen molar-refractivity contribution in [1.82, 2.24) is 4.90 Å². The highest BCUT2D eigenvalue weighted by atomic mass is 15.3. The lowest BCUT2D eigenvalue weighted by Gasteiger charge is -2.27. The van der Waals surface area contributed by atoms with Gasteiger partial charge in [0.1, 0.15) is 6.17 Å². The Balaban J connectivity index is 2.02. The van der Waals surface area contributed by atoms with Gasteiger partial charge in [0.25, 0.3) is 0 Å². The molecule has 2 heterocycles. The number of aliphatic imine (C=N–C) groups is 1. The summed E-state index contributed by atoms with van der Waals surface area (Å²) in [5, 5.41) is 0. The third-order valence-electron chi connectivity index (χ3n) is 2.70. The van der Waals surface area contributed by atoms with Gasteiger partial charge in [-0.15, -0.1) is 0 Å². The highest BCUT2D eigenvalue weighted by Crippen LogP contribution is 2.22. The number of fused-ring (bicyclic) bond motifs is 1. The van der Waals surface area contributed by atoms with E-state index in [0.717, 1.165) is 13.0 Å². The van der Waals surface area contributed by atoms with Crippen LogP contribution >= 0.6 is 0 Å². The molecule has 2 aliphatic heterocycles. The minimum absolute atomic E-state index is 0.568. The molecular formula is C9H16N2. The van der Waals surface area contributed by atoms with Crippen molar-refractivity contribution in [3.05, 3.63) is 0 Å². The Morgan fingerprint density at radius 1 is 1.55 bits per heavy atom. The molecule has 0 saturated carbocycles. The molecule has 0 aromatic heterocycles. The average molecular weight is 152 g/mol. The Morgan fingerprint density at radius 3 is 3.18 bits per heavy atom. The van der Waals surface area contributed by atoms with Gasteiger partial charge in [0.05, 0.1) is 0 Å². The summed E-state index contributed by atoms with van der Waals surface area (Å²) >= 11 is 0. The van der Waals surface area contributed by atoms with Crippen LogP contribution in [0.2, 0.25) is 0 Å². The van der Waals surface area contributed by atoms with Crippen molar-refractivity contribution in [2.45, 2.75) is 38.8 Å². The summed E-state index contributed by atoms with van der Waals surface area (Å²) in [6.07, 6.45) is 5.76. The number of nitrogens with zero attached hydrogens (tertiary/aromatic N) is 2. The Morgan fingerprint density at radius 2 is 2.45 bits per heavy atom. The minimum Gasteiger partial charge on any atom is -0.276 e. The normalized spacial score (nSPS) is 31.7. The zero-order chi connectivity index (χ0) is 7.68. The summed E-state index contributed by atoms with van der Waals surface area (Å²) in [6.45, 7) is 4.64. The zero-order valence-corrected chi connectivity index (χ0v) is 7.21. The summed E-state index contributed by atoms with van der Waals surface area (Å²) in [7, 11) is 0. The van der Waals surface area contributed by atoms with E-state index in [1.807, 2.05) is 0 Å². The maximum atomic E-state index is 4.67. The quantitative estimate of drug-likeness (QED) is 0.558. The standard InChI is InChI=1S/C9H16N2/c1-2-8-7-11-6-4-3-5-9(11)10-8/h9H,2-7H2,1H3. The Labute approximate surface area is 68.3 Å². The molecule has 0 spiro atoms. The van der Waals surface area contributed by atoms with E-state index >= 15 is 0 Å². The summed E-state index contributed by atoms with van der Waals surface area (Å²) in [5.74, 6) is 0. The van der Waals surface area contributed by atoms with Crippen LogP contribution in [0.15, 0.2) is 4.99 Å². The fraction of sp³-hybridized carbons (Fsp3) is 0.889. The van der Waals surface area contributed by atoms with Crippen molar-refractivity contribution in [2.75, 3.05) is 13.1 Å². The van der Waals surface area contributed by atoms with Gasteiger partial charge >= 0.3 is 0 Å². The van der Waals surface area contributed by atoms with Crippen molar-refractivity contribution in [1.29, 1.82) is 0 Å². The lowest BCUT2D eigenvalue weighted by Crippen LogP contribution is -2.35. The van der Waals surface area contributed by atoms with Crippen LogP contribution in [0.4, 0.5) is 0 Å². The molecule has 2 heteroatoms. The van der Waals surface area contributed by atoms with Crippen LogP contribution in [0.25, 0.3) is 0 Å². The molecule has 1 atom stereocenters. The first kappa shape index (κ1) is 7.29. The first-order valence-corrected chi connectivity index (χ1v) is 4.69. The monoisotopic (exact) mass is 152 g/mol. The summed E-state index contributed by atoms with van der Waals surface area (Å²) in [5.41, 5.74) is 1.41. The van der Waals surface area contributed by atoms with E-state index in [-0.39, 0.29) is 0 Å². The third-order valence-corrected chi connectivity index (χ3v) is 2.70. The molecule has 1 saturated heterocycles. The van der Waals surface area contributed by atoms with Gasteiger partial charge in [-0.2, -0.15) is 0 Å². The second kappa shape index (κ2) is 2.94. The predicted octanol–water partition coefficient (Wildman–Crippen LogP) is 1.66. The van der Waals surface area contributed by atoms with Crippen LogP contribution in [0.5, 0.6) is 0 Å². The molecule has 0 aromatic carbocycles. The second-order valence-electron chi connectivity index (χ2n) is 3.50. The fourth-order valence-electron chi connectivity index (χ4n) is 1.99. The maximum Gasteiger partial charge on any atom is 0.102 e. The van der Waals surface area contributed by atoms with E-state index in [2.05, 4.69) is 16.8 Å². The van der Waals surface area contributed by atoms with Crippen molar-refractivity contribution in [3.8, 4) is 0 Å². The predicted molar refractivity (Wildman–Crippen MR) is 46.9 cm³/mol. The molecule has 0 amide bonds. The van der Waals surface area contributed by atoms with E-state index in [0.29, 0.717) is 6.17 Å². The van der Waals surface area contributed by atoms with Gasteiger partial charge < -0.3 is 0 Å². The van der Waals surface area contributed by atoms with Crippen LogP contribution < -0.4 is 0 Å². The van der Waals surface area contributed by atoms with Gasteiger partial charge in [-0.05, 0) is 25.7 Å². The van der Waals surface area contributed by atoms with Gasteiger partial charge in [-0.1, -0.05) is 6.92 Å². The van der Waals surface area contributed by atoms with Crippen LogP contribution in [-0.4, -0.2) is 29.9 Å². The number of piperidine rings is 1. The molecule has 0 aromatic rings. The summed E-state index contributed by atoms with van der Waals surface area (Å²) < 4.78 is 0. The van der Waals surface area contributed by atoms with Crippen molar-refractivity contribution >= 4 is 5.71 Å². The molecule has 1 fully saturated rings. The molecule has 2 aliphatic rings. The molecule has 0 bridgehead atoms. The highest BCUT2D eigenvalue weighted by Gasteiger charge is 2.27. The third kappa shape index (κ3) is 1.32. The first-order valence-electron chi connectivity index (χ1n) is 4.69. The Kier molecular flexibility index (Phi) is 1.95. The van der Waals surface area contributed by atoms with Gasteiger partial charge in [-0.25, -0.2) is 0 Å². The molecule has 62 valence electrons. The van der Waals surface area contributed by atoms with E-state index in [9.17, 15) is 0 Å². The van der Waals surface area contributed by atoms with Crippen molar-refractivity contribution < 1.29 is 0 Å². The first-order chi connectivity index (χ1) is 5.40. The summed E-state index contributed by atoms with van der Waals surface area (Å²) in [4.78, 5) is 7.19. The lowest BCUT2D eigenvalue weighted by atomic mass is 10.1. The fourth-order valence-corrected chi connectivity index (χ4v) is 1.99. The summed E-state index contributed by atoms with van der Waals surface area (Å²) in [6, 6.07) is 0. The molecule has 11 heavy (non-hydrogen) atoms. The van der Waals surface area contributed by atoms with E-state index in [4.69, 9.17) is 0 Å². The lowest BCUT2D eigenvalue weighted by molar-refractivity contribution is 0.194. The Bertz CT molecular complexity index is 174. The largest absolute Gasteiger partial charge is 0.276 e. The molecule has 2 rings (SSSR count). The van der Waals surface area contributed by atoms with Crippen LogP contribution in [0.1, 0.15) is 32.6 Å². The van der Waals surface area contributed by atoms with Gasteiger partial charge in [0.15, 0.2) is 0 Å². The number of hydrogen-bond acceptors (Lipinski definition) is 2. The molecule has 0 N–H and O–H groups in total.